The number of aliphatic carboxylic acids is 1. The standard InChI is InChI=1S/C3H5NO4S/c5-1(6)3(2(7)9)4-8-3/h2,4,7,9H,(H,5,6)/p+1/t2?,3-/m1/s1. The van der Waals surface area contributed by atoms with Crippen LogP contribution in [0, 0.1) is 0 Å². The minimum Gasteiger partial charge on any atom is -0.478 e. The van der Waals surface area contributed by atoms with Crippen LogP contribution in [0.2, 0.25) is 0 Å². The van der Waals surface area contributed by atoms with Crippen LogP contribution >= 0.6 is 0 Å². The normalized spacial score (nSPS) is 35.8. The van der Waals surface area contributed by atoms with Crippen LogP contribution in [0.4, 0.5) is 0 Å². The van der Waals surface area contributed by atoms with Crippen molar-refractivity contribution in [3.05, 3.63) is 0 Å². The molecule has 0 aliphatic carbocycles. The highest BCUT2D eigenvalue weighted by Crippen LogP contribution is 2.22. The molecular weight excluding hydrogens is 146 g/mol. The van der Waals surface area contributed by atoms with Crippen LogP contribution in [0.5, 0.6) is 0 Å². The topological polar surface area (TPSA) is 92.0 Å². The van der Waals surface area contributed by atoms with Gasteiger partial charge in [-0.05, 0) is 12.6 Å². The summed E-state index contributed by atoms with van der Waals surface area (Å²) in [5, 5.41) is 17.0. The Morgan fingerprint density at radius 2 is 2.33 bits per heavy atom. The number of hydrogen-bond donors (Lipinski definition) is 3. The zero-order chi connectivity index (χ0) is 7.07. The zero-order valence-corrected chi connectivity index (χ0v) is 5.29. The summed E-state index contributed by atoms with van der Waals surface area (Å²) in [5.74, 6) is -1.25. The molecule has 1 fully saturated rings. The third kappa shape index (κ3) is 0.897. The third-order valence-corrected chi connectivity index (χ3v) is 1.43. The molecule has 6 heteroatoms. The van der Waals surface area contributed by atoms with Gasteiger partial charge in [0, 0.05) is 0 Å². The lowest BCUT2D eigenvalue weighted by Gasteiger charge is -1.98. The fraction of sp³-hybridized carbons (Fsp3) is 0.667. The summed E-state index contributed by atoms with van der Waals surface area (Å²) >= 11 is 2.69. The van der Waals surface area contributed by atoms with Crippen molar-refractivity contribution >= 4 is 18.6 Å². The van der Waals surface area contributed by atoms with Crippen LogP contribution in [0.1, 0.15) is 0 Å². The van der Waals surface area contributed by atoms with Gasteiger partial charge in [0.05, 0.1) is 0 Å². The molecule has 1 saturated heterocycles. The second-order valence-electron chi connectivity index (χ2n) is 1.65. The summed E-state index contributed by atoms with van der Waals surface area (Å²) in [6.07, 6.45) is 0. The molecule has 0 radical (unpaired) electrons. The van der Waals surface area contributed by atoms with E-state index >= 15 is 0 Å². The summed E-state index contributed by atoms with van der Waals surface area (Å²) < 4.78 is 0. The summed E-state index contributed by atoms with van der Waals surface area (Å²) in [4.78, 5) is 14.4. The molecule has 3 N–H and O–H groups in total. The first-order valence-corrected chi connectivity index (χ1v) is 2.75. The molecule has 0 aromatic heterocycles. The molecule has 0 spiro atoms. The average molecular weight is 152 g/mol. The van der Waals surface area contributed by atoms with Gasteiger partial charge in [0.1, 0.15) is 0 Å². The Bertz CT molecular complexity index is 143. The van der Waals surface area contributed by atoms with Gasteiger partial charge in [-0.25, -0.2) is 4.79 Å². The van der Waals surface area contributed by atoms with Crippen molar-refractivity contribution < 1.29 is 19.8 Å². The Hall–Kier alpha value is -0.300. The maximum Gasteiger partial charge on any atom is 0.363 e. The fourth-order valence-corrected chi connectivity index (χ4v) is 0.612. The minimum atomic E-state index is -1.61. The Labute approximate surface area is 56.0 Å². The van der Waals surface area contributed by atoms with E-state index in [4.69, 9.17) is 10.2 Å². The van der Waals surface area contributed by atoms with Gasteiger partial charge in [-0.2, -0.15) is 0 Å². The number of aliphatic hydroxyl groups excluding tert-OH is 1. The lowest BCUT2D eigenvalue weighted by Crippen LogP contribution is -2.38. The van der Waals surface area contributed by atoms with Crippen LogP contribution < -0.4 is 5.48 Å². The Morgan fingerprint density at radius 3 is 2.33 bits per heavy atom. The number of carboxylic acids is 1. The maximum atomic E-state index is 10.1. The van der Waals surface area contributed by atoms with Gasteiger partial charge in [-0.1, -0.05) is 0 Å². The molecule has 0 aromatic carbocycles. The highest BCUT2D eigenvalue weighted by Gasteiger charge is 2.62. The molecule has 5 nitrogen and oxygen atoms in total. The molecule has 1 aliphatic rings. The fourth-order valence-electron chi connectivity index (χ4n) is 0.371. The van der Waals surface area contributed by atoms with Crippen molar-refractivity contribution in [1.29, 1.82) is 0 Å². The second kappa shape index (κ2) is 1.84. The van der Waals surface area contributed by atoms with E-state index in [0.29, 0.717) is 0 Å². The Morgan fingerprint density at radius 1 is 1.89 bits per heavy atom. The van der Waals surface area contributed by atoms with E-state index in [1.54, 1.807) is 0 Å². The molecule has 52 valence electrons. The van der Waals surface area contributed by atoms with Gasteiger partial charge in [0.25, 0.3) is 5.44 Å². The number of hydroxylamine groups is 1. The molecular formula is C3H6NO4S+. The van der Waals surface area contributed by atoms with Gasteiger partial charge in [0.15, 0.2) is 0 Å². The highest BCUT2D eigenvalue weighted by atomic mass is 32.1. The number of nitrogens with one attached hydrogen (secondary N) is 1. The first kappa shape index (κ1) is 6.81. The number of hydrogen-bond acceptors (Lipinski definition) is 4. The predicted molar refractivity (Wildman–Crippen MR) is 30.7 cm³/mol. The number of aliphatic hydroxyl groups is 1. The molecule has 1 aliphatic heterocycles. The molecule has 1 unspecified atom stereocenters. The van der Waals surface area contributed by atoms with E-state index in [0.717, 1.165) is 0 Å². The van der Waals surface area contributed by atoms with Gasteiger partial charge < -0.3 is 10.2 Å². The number of rotatable bonds is 2. The number of carboxylic acid groups (broad SMARTS) is 1. The summed E-state index contributed by atoms with van der Waals surface area (Å²) in [5.41, 5.74) is -0.792. The van der Waals surface area contributed by atoms with E-state index in [9.17, 15) is 4.79 Å². The van der Waals surface area contributed by atoms with E-state index in [1.165, 1.54) is 0 Å². The van der Waals surface area contributed by atoms with Gasteiger partial charge in [-0.15, -0.1) is 5.48 Å². The first-order chi connectivity index (χ1) is 4.09. The summed E-state index contributed by atoms with van der Waals surface area (Å²) in [6, 6.07) is 0. The molecule has 9 heavy (non-hydrogen) atoms. The van der Waals surface area contributed by atoms with Crippen molar-refractivity contribution in [2.24, 2.45) is 0 Å². The van der Waals surface area contributed by atoms with Crippen molar-refractivity contribution in [2.45, 2.75) is 11.2 Å². The monoisotopic (exact) mass is 152 g/mol. The molecule has 0 aromatic rings. The maximum absolute atomic E-state index is 10.1. The molecule has 0 bridgehead atoms. The molecule has 1 heterocycles. The average Bonchev–Trinajstić information content (AvgIpc) is 2.40. The highest BCUT2D eigenvalue weighted by molar-refractivity contribution is 7.59. The van der Waals surface area contributed by atoms with E-state index in [-0.39, 0.29) is 0 Å². The van der Waals surface area contributed by atoms with Crippen LogP contribution in [-0.4, -0.2) is 27.3 Å². The summed E-state index contributed by atoms with van der Waals surface area (Å²) in [6.45, 7) is 0. The van der Waals surface area contributed by atoms with Crippen molar-refractivity contribution in [3.63, 3.8) is 0 Å². The molecule has 0 amide bonds. The lowest BCUT2D eigenvalue weighted by molar-refractivity contribution is -0.145. The molecule has 2 atom stereocenters. The quantitative estimate of drug-likeness (QED) is 0.304. The molecule has 1 rings (SSSR count). The first-order valence-electron chi connectivity index (χ1n) is 2.17. The largest absolute Gasteiger partial charge is 0.478 e. The Balaban J connectivity index is 2.63. The van der Waals surface area contributed by atoms with Crippen molar-refractivity contribution in [1.82, 2.24) is 5.48 Å². The van der Waals surface area contributed by atoms with Crippen LogP contribution in [0.25, 0.3) is 0 Å². The molecule has 0 saturated carbocycles. The van der Waals surface area contributed by atoms with Crippen molar-refractivity contribution in [2.75, 3.05) is 0 Å². The zero-order valence-electron chi connectivity index (χ0n) is 4.29. The summed E-state index contributed by atoms with van der Waals surface area (Å²) in [7, 11) is 0. The predicted octanol–water partition coefficient (Wildman–Crippen LogP) is -2.37. The third-order valence-electron chi connectivity index (χ3n) is 1.02. The van der Waals surface area contributed by atoms with E-state index < -0.39 is 17.1 Å². The van der Waals surface area contributed by atoms with Crippen LogP contribution in [0.3, 0.4) is 0 Å². The minimum absolute atomic E-state index is 1.23. The van der Waals surface area contributed by atoms with E-state index in [1.807, 2.05) is 5.48 Å². The number of carbonyl (C=O) groups is 1. The lowest BCUT2D eigenvalue weighted by atomic mass is 10.3. The smallest absolute Gasteiger partial charge is 0.363 e. The van der Waals surface area contributed by atoms with Crippen LogP contribution in [-0.2, 0) is 22.3 Å². The Kier molecular flexibility index (Phi) is 1.39. The SMILES string of the molecule is O=C(O)[C@@]1(C(O)[SH2+])NO1. The van der Waals surface area contributed by atoms with Gasteiger partial charge in [0.2, 0.25) is 0 Å². The van der Waals surface area contributed by atoms with Gasteiger partial charge >= 0.3 is 11.7 Å². The van der Waals surface area contributed by atoms with Crippen molar-refractivity contribution in [3.8, 4) is 0 Å². The van der Waals surface area contributed by atoms with Gasteiger partial charge in [-0.3, -0.25) is 4.84 Å². The van der Waals surface area contributed by atoms with Crippen LogP contribution in [0.15, 0.2) is 0 Å². The van der Waals surface area contributed by atoms with E-state index in [2.05, 4.69) is 17.5 Å². The second-order valence-corrected chi connectivity index (χ2v) is 2.19.